The number of rotatable bonds is 7. The second kappa shape index (κ2) is 11.6. The minimum absolute atomic E-state index is 0.0863. The van der Waals surface area contributed by atoms with Crippen LogP contribution in [0.5, 0.6) is 0 Å². The molecule has 230 valence electrons. The van der Waals surface area contributed by atoms with Crippen molar-refractivity contribution in [2.45, 2.75) is 25.8 Å². The molecule has 0 unspecified atom stereocenters. The molecule has 0 spiro atoms. The molecule has 0 saturated heterocycles. The zero-order valence-corrected chi connectivity index (χ0v) is 27.0. The SMILES string of the molecule is CC1(C)c2ccccc2-c2cc3c4ccccc4n(-c4cccc(CN/C(=C\C(=N)c5cccc(C#N)c5)c5ccccc5)c4)c3cc21. The number of allylic oxidation sites excluding steroid dienone is 1. The lowest BCUT2D eigenvalue weighted by Crippen LogP contribution is -2.15. The first-order valence-electron chi connectivity index (χ1n) is 16.3. The highest BCUT2D eigenvalue weighted by Crippen LogP contribution is 2.50. The van der Waals surface area contributed by atoms with Crippen molar-refractivity contribution in [2.75, 3.05) is 0 Å². The van der Waals surface area contributed by atoms with Crippen molar-refractivity contribution in [1.82, 2.24) is 9.88 Å². The number of hydrogen-bond donors (Lipinski definition) is 2. The molecule has 1 aliphatic rings. The molecule has 48 heavy (non-hydrogen) atoms. The summed E-state index contributed by atoms with van der Waals surface area (Å²) in [6, 6.07) is 50.5. The maximum atomic E-state index is 9.37. The second-order valence-electron chi connectivity index (χ2n) is 13.0. The van der Waals surface area contributed by atoms with E-state index in [1.54, 1.807) is 12.1 Å². The van der Waals surface area contributed by atoms with Gasteiger partial charge in [0.1, 0.15) is 0 Å². The molecule has 0 radical (unpaired) electrons. The van der Waals surface area contributed by atoms with Crippen molar-refractivity contribution in [2.24, 2.45) is 0 Å². The van der Waals surface area contributed by atoms with E-state index in [9.17, 15) is 5.26 Å². The molecular weight excluding hydrogens is 585 g/mol. The van der Waals surface area contributed by atoms with Crippen LogP contribution < -0.4 is 5.32 Å². The number of nitrogens with one attached hydrogen (secondary N) is 2. The van der Waals surface area contributed by atoms with Gasteiger partial charge in [0.05, 0.1) is 28.4 Å². The molecular formula is C44H34N4. The number of hydrogen-bond acceptors (Lipinski definition) is 3. The third kappa shape index (κ3) is 4.89. The Morgan fingerprint density at radius 1 is 0.708 bits per heavy atom. The van der Waals surface area contributed by atoms with E-state index in [1.807, 2.05) is 48.5 Å². The van der Waals surface area contributed by atoms with Crippen LogP contribution >= 0.6 is 0 Å². The zero-order chi connectivity index (χ0) is 32.8. The number of para-hydroxylation sites is 1. The van der Waals surface area contributed by atoms with Gasteiger partial charge < -0.3 is 15.3 Å². The van der Waals surface area contributed by atoms with Crippen molar-refractivity contribution in [3.05, 3.63) is 179 Å². The molecule has 6 aromatic carbocycles. The standard InChI is InChI=1S/C44H34N4/c1-44(2)38-20-8-6-18-34(38)36-24-37-35-19-7-9-21-42(35)48(43(37)25-39(36)44)33-17-11-13-30(23-33)28-47-41(31-14-4-3-5-15-31)26-40(46)32-16-10-12-29(22-32)27-45/h3-26,46-47H,28H2,1-2H3/b41-26-,46-40?. The lowest BCUT2D eigenvalue weighted by molar-refractivity contribution is 0.661. The highest BCUT2D eigenvalue weighted by atomic mass is 15.0. The normalized spacial score (nSPS) is 13.2. The Bertz CT molecular complexity index is 2450. The van der Waals surface area contributed by atoms with Gasteiger partial charge in [-0.15, -0.1) is 0 Å². The molecule has 1 aliphatic carbocycles. The third-order valence-corrected chi connectivity index (χ3v) is 9.70. The largest absolute Gasteiger partial charge is 0.380 e. The van der Waals surface area contributed by atoms with Crippen LogP contribution in [-0.2, 0) is 12.0 Å². The van der Waals surface area contributed by atoms with Crippen LogP contribution in [0.4, 0.5) is 0 Å². The molecule has 1 heterocycles. The number of benzene rings is 6. The first-order valence-corrected chi connectivity index (χ1v) is 16.3. The fourth-order valence-corrected chi connectivity index (χ4v) is 7.28. The van der Waals surface area contributed by atoms with E-state index in [2.05, 4.69) is 115 Å². The van der Waals surface area contributed by atoms with Crippen LogP contribution in [0.1, 0.15) is 47.2 Å². The lowest BCUT2D eigenvalue weighted by atomic mass is 9.82. The second-order valence-corrected chi connectivity index (χ2v) is 13.0. The third-order valence-electron chi connectivity index (χ3n) is 9.70. The summed E-state index contributed by atoms with van der Waals surface area (Å²) in [7, 11) is 0. The maximum Gasteiger partial charge on any atom is 0.0991 e. The first-order chi connectivity index (χ1) is 23.4. The van der Waals surface area contributed by atoms with Gasteiger partial charge in [0.15, 0.2) is 0 Å². The van der Waals surface area contributed by atoms with E-state index in [4.69, 9.17) is 5.41 Å². The smallest absolute Gasteiger partial charge is 0.0991 e. The molecule has 8 rings (SSSR count). The molecule has 0 bridgehead atoms. The Morgan fingerprint density at radius 2 is 1.46 bits per heavy atom. The summed E-state index contributed by atoms with van der Waals surface area (Å²) in [6.45, 7) is 5.25. The topological polar surface area (TPSA) is 64.6 Å². The van der Waals surface area contributed by atoms with Gasteiger partial charge >= 0.3 is 0 Å². The fraction of sp³-hybridized carbons (Fsp3) is 0.0909. The summed E-state index contributed by atoms with van der Waals surface area (Å²) in [5.41, 5.74) is 13.4. The average molecular weight is 619 g/mol. The minimum Gasteiger partial charge on any atom is -0.380 e. The van der Waals surface area contributed by atoms with Gasteiger partial charge in [-0.05, 0) is 81.9 Å². The van der Waals surface area contributed by atoms with Crippen molar-refractivity contribution >= 4 is 33.2 Å². The van der Waals surface area contributed by atoms with Gasteiger partial charge in [-0.1, -0.05) is 111 Å². The molecule has 0 atom stereocenters. The summed E-state index contributed by atoms with van der Waals surface area (Å²) in [5, 5.41) is 24.3. The molecule has 2 N–H and O–H groups in total. The molecule has 0 fully saturated rings. The van der Waals surface area contributed by atoms with Crippen LogP contribution in [0.2, 0.25) is 0 Å². The van der Waals surface area contributed by atoms with Crippen LogP contribution in [0.15, 0.2) is 146 Å². The maximum absolute atomic E-state index is 9.37. The first kappa shape index (κ1) is 29.2. The number of aromatic nitrogens is 1. The van der Waals surface area contributed by atoms with Crippen LogP contribution in [-0.4, -0.2) is 10.3 Å². The molecule has 4 nitrogen and oxygen atoms in total. The van der Waals surface area contributed by atoms with Gasteiger partial charge in [0.2, 0.25) is 0 Å². The molecule has 1 aromatic heterocycles. The monoisotopic (exact) mass is 618 g/mol. The van der Waals surface area contributed by atoms with Gasteiger partial charge in [-0.2, -0.15) is 5.26 Å². The Balaban J connectivity index is 1.18. The summed E-state index contributed by atoms with van der Waals surface area (Å²) >= 11 is 0. The van der Waals surface area contributed by atoms with E-state index in [0.29, 0.717) is 23.4 Å². The lowest BCUT2D eigenvalue weighted by Gasteiger charge is -2.21. The van der Waals surface area contributed by atoms with Crippen LogP contribution in [0.25, 0.3) is 44.3 Å². The van der Waals surface area contributed by atoms with Gasteiger partial charge in [0, 0.05) is 39.7 Å². The van der Waals surface area contributed by atoms with Crippen molar-refractivity contribution in [1.29, 1.82) is 10.7 Å². The Kier molecular flexibility index (Phi) is 7.04. The molecule has 0 amide bonds. The summed E-state index contributed by atoms with van der Waals surface area (Å²) in [6.07, 6.45) is 1.85. The number of nitrogens with zero attached hydrogens (tertiary/aromatic N) is 2. The Labute approximate surface area is 280 Å². The van der Waals surface area contributed by atoms with E-state index < -0.39 is 0 Å². The van der Waals surface area contributed by atoms with Crippen LogP contribution in [0, 0.1) is 16.7 Å². The summed E-state index contributed by atoms with van der Waals surface area (Å²) < 4.78 is 2.40. The Hall–Kier alpha value is -6.18. The van der Waals surface area contributed by atoms with E-state index in [0.717, 1.165) is 22.5 Å². The number of nitriles is 1. The predicted molar refractivity (Wildman–Crippen MR) is 198 cm³/mol. The molecule has 0 saturated carbocycles. The molecule has 4 heteroatoms. The average Bonchev–Trinajstić information content (AvgIpc) is 3.57. The van der Waals surface area contributed by atoms with Gasteiger partial charge in [-0.25, -0.2) is 0 Å². The van der Waals surface area contributed by atoms with E-state index in [1.165, 1.54) is 44.1 Å². The highest BCUT2D eigenvalue weighted by Gasteiger charge is 2.36. The van der Waals surface area contributed by atoms with Gasteiger partial charge in [-0.3, -0.25) is 0 Å². The number of fused-ring (bicyclic) bond motifs is 6. The fourth-order valence-electron chi connectivity index (χ4n) is 7.28. The van der Waals surface area contributed by atoms with Crippen molar-refractivity contribution in [3.8, 4) is 22.9 Å². The summed E-state index contributed by atoms with van der Waals surface area (Å²) in [4.78, 5) is 0. The molecule has 7 aromatic rings. The van der Waals surface area contributed by atoms with E-state index >= 15 is 0 Å². The Morgan fingerprint density at radius 3 is 2.31 bits per heavy atom. The van der Waals surface area contributed by atoms with Crippen LogP contribution in [0.3, 0.4) is 0 Å². The molecule has 0 aliphatic heterocycles. The predicted octanol–water partition coefficient (Wildman–Crippen LogP) is 10.2. The quantitative estimate of drug-likeness (QED) is 0.175. The van der Waals surface area contributed by atoms with Gasteiger partial charge in [0.25, 0.3) is 0 Å². The van der Waals surface area contributed by atoms with E-state index in [-0.39, 0.29) is 5.41 Å². The summed E-state index contributed by atoms with van der Waals surface area (Å²) in [5.74, 6) is 0. The highest BCUT2D eigenvalue weighted by molar-refractivity contribution is 6.12. The minimum atomic E-state index is -0.0863. The van der Waals surface area contributed by atoms with Crippen molar-refractivity contribution < 1.29 is 0 Å². The zero-order valence-electron chi connectivity index (χ0n) is 27.0. The van der Waals surface area contributed by atoms with Crippen molar-refractivity contribution in [3.63, 3.8) is 0 Å².